The van der Waals surface area contributed by atoms with E-state index in [9.17, 15) is 13.2 Å². The summed E-state index contributed by atoms with van der Waals surface area (Å²) in [7, 11) is 0. The van der Waals surface area contributed by atoms with Crippen molar-refractivity contribution in [2.45, 2.75) is 31.9 Å². The molecule has 6 heteroatoms. The van der Waals surface area contributed by atoms with Gasteiger partial charge < -0.3 is 5.32 Å². The number of benzene rings is 2. The monoisotopic (exact) mass is 371 g/mol. The number of alkyl halides is 3. The molecule has 0 spiro atoms. The summed E-state index contributed by atoms with van der Waals surface area (Å²) in [6.45, 7) is 0.794. The summed E-state index contributed by atoms with van der Waals surface area (Å²) in [5, 5.41) is 8.08. The number of rotatable bonds is 3. The van der Waals surface area contributed by atoms with Crippen LogP contribution in [0.4, 0.5) is 19.0 Å². The number of fused-ring (bicyclic) bond motifs is 1. The molecule has 1 N–H and O–H groups in total. The summed E-state index contributed by atoms with van der Waals surface area (Å²) in [4.78, 5) is 0. The Morgan fingerprint density at radius 2 is 1.81 bits per heavy atom. The predicted octanol–water partition coefficient (Wildman–Crippen LogP) is 5.23. The molecule has 3 aromatic rings. The average molecular weight is 371 g/mol. The molecule has 140 valence electrons. The Bertz CT molecular complexity index is 930. The molecule has 27 heavy (non-hydrogen) atoms. The number of hydrogen-bond acceptors (Lipinski definition) is 2. The van der Waals surface area contributed by atoms with E-state index in [4.69, 9.17) is 5.10 Å². The third-order valence-electron chi connectivity index (χ3n) is 4.85. The van der Waals surface area contributed by atoms with Crippen LogP contribution in [-0.2, 0) is 19.0 Å². The van der Waals surface area contributed by atoms with Gasteiger partial charge in [0, 0.05) is 18.5 Å². The summed E-state index contributed by atoms with van der Waals surface area (Å²) >= 11 is 0. The lowest BCUT2D eigenvalue weighted by Crippen LogP contribution is -2.09. The molecule has 0 amide bonds. The summed E-state index contributed by atoms with van der Waals surface area (Å²) in [6, 6.07) is 15.4. The maximum absolute atomic E-state index is 13.1. The van der Waals surface area contributed by atoms with Crippen LogP contribution in [0.15, 0.2) is 54.6 Å². The Hall–Kier alpha value is -2.76. The van der Waals surface area contributed by atoms with Gasteiger partial charge in [0.15, 0.2) is 0 Å². The van der Waals surface area contributed by atoms with Gasteiger partial charge in [0.1, 0.15) is 5.82 Å². The maximum atomic E-state index is 13.1. The fraction of sp³-hybridized carbons (Fsp3) is 0.286. The molecule has 0 atom stereocenters. The first-order valence-electron chi connectivity index (χ1n) is 9.08. The van der Waals surface area contributed by atoms with E-state index in [0.29, 0.717) is 12.1 Å². The quantitative estimate of drug-likeness (QED) is 0.683. The SMILES string of the molecule is FC(F)(F)c1cccc(-n2nc(Cc3ccccc3)c3c2NCCCC3)c1. The molecule has 0 bridgehead atoms. The molecule has 0 fully saturated rings. The van der Waals surface area contributed by atoms with E-state index in [-0.39, 0.29) is 0 Å². The van der Waals surface area contributed by atoms with E-state index in [1.54, 1.807) is 10.7 Å². The van der Waals surface area contributed by atoms with Crippen molar-refractivity contribution in [3.05, 3.63) is 77.0 Å². The summed E-state index contributed by atoms with van der Waals surface area (Å²) in [5.74, 6) is 0.817. The van der Waals surface area contributed by atoms with Crippen molar-refractivity contribution in [1.82, 2.24) is 9.78 Å². The first kappa shape index (κ1) is 17.6. The Balaban J connectivity index is 1.79. The molecular formula is C21H20F3N3. The van der Waals surface area contributed by atoms with Crippen LogP contribution in [0.2, 0.25) is 0 Å². The highest BCUT2D eigenvalue weighted by molar-refractivity contribution is 5.55. The Kier molecular flexibility index (Phi) is 4.64. The highest BCUT2D eigenvalue weighted by Crippen LogP contribution is 2.33. The topological polar surface area (TPSA) is 29.9 Å². The fourth-order valence-corrected chi connectivity index (χ4v) is 3.51. The standard InChI is InChI=1S/C21H20F3N3/c22-21(23,24)16-9-6-10-17(14-16)27-20-18(11-4-5-12-25-20)19(26-27)13-15-7-2-1-3-8-15/h1-3,6-10,14,25H,4-5,11-13H2. The first-order valence-corrected chi connectivity index (χ1v) is 9.08. The van der Waals surface area contributed by atoms with Crippen LogP contribution < -0.4 is 5.32 Å². The number of halogens is 3. The lowest BCUT2D eigenvalue weighted by molar-refractivity contribution is -0.137. The van der Waals surface area contributed by atoms with Crippen LogP contribution >= 0.6 is 0 Å². The van der Waals surface area contributed by atoms with Gasteiger partial charge >= 0.3 is 6.18 Å². The zero-order chi connectivity index (χ0) is 18.9. The highest BCUT2D eigenvalue weighted by Gasteiger charge is 2.31. The van der Waals surface area contributed by atoms with Crippen LogP contribution in [0.5, 0.6) is 0 Å². The summed E-state index contributed by atoms with van der Waals surface area (Å²) in [6.07, 6.45) is -0.765. The molecule has 0 unspecified atom stereocenters. The first-order chi connectivity index (χ1) is 13.0. The normalized spacial score (nSPS) is 14.3. The molecule has 4 rings (SSSR count). The van der Waals surface area contributed by atoms with Crippen LogP contribution in [0.1, 0.15) is 35.2 Å². The van der Waals surface area contributed by atoms with E-state index in [1.165, 1.54) is 6.07 Å². The van der Waals surface area contributed by atoms with Gasteiger partial charge in [-0.2, -0.15) is 18.3 Å². The summed E-state index contributed by atoms with van der Waals surface area (Å²) < 4.78 is 41.0. The molecule has 1 aliphatic heterocycles. The average Bonchev–Trinajstić information content (AvgIpc) is 2.83. The van der Waals surface area contributed by atoms with Gasteiger partial charge in [-0.15, -0.1) is 0 Å². The molecule has 0 aliphatic carbocycles. The van der Waals surface area contributed by atoms with Gasteiger partial charge in [-0.25, -0.2) is 4.68 Å². The predicted molar refractivity (Wildman–Crippen MR) is 99.2 cm³/mol. The minimum absolute atomic E-state index is 0.426. The molecule has 2 heterocycles. The molecule has 1 aliphatic rings. The number of nitrogens with zero attached hydrogens (tertiary/aromatic N) is 2. The van der Waals surface area contributed by atoms with E-state index in [2.05, 4.69) is 5.32 Å². The van der Waals surface area contributed by atoms with E-state index in [1.807, 2.05) is 30.3 Å². The number of aromatic nitrogens is 2. The molecule has 3 nitrogen and oxygen atoms in total. The van der Waals surface area contributed by atoms with E-state index >= 15 is 0 Å². The Morgan fingerprint density at radius 1 is 1.00 bits per heavy atom. The largest absolute Gasteiger partial charge is 0.416 e. The van der Waals surface area contributed by atoms with Gasteiger partial charge in [0.2, 0.25) is 0 Å². The van der Waals surface area contributed by atoms with Gasteiger partial charge in [-0.3, -0.25) is 0 Å². The molecule has 2 aromatic carbocycles. The molecular weight excluding hydrogens is 351 g/mol. The Labute approximate surface area is 155 Å². The van der Waals surface area contributed by atoms with Crippen molar-refractivity contribution in [3.63, 3.8) is 0 Å². The molecule has 0 saturated heterocycles. The second kappa shape index (κ2) is 7.10. The zero-order valence-electron chi connectivity index (χ0n) is 14.8. The van der Waals surface area contributed by atoms with Crippen molar-refractivity contribution in [2.75, 3.05) is 11.9 Å². The van der Waals surface area contributed by atoms with Gasteiger partial charge in [0.05, 0.1) is 16.9 Å². The second-order valence-corrected chi connectivity index (χ2v) is 6.78. The van der Waals surface area contributed by atoms with Crippen molar-refractivity contribution in [3.8, 4) is 5.69 Å². The molecule has 0 saturated carbocycles. The smallest absolute Gasteiger partial charge is 0.370 e. The molecule has 0 radical (unpaired) electrons. The van der Waals surface area contributed by atoms with Gasteiger partial charge in [0.25, 0.3) is 0 Å². The van der Waals surface area contributed by atoms with Gasteiger partial charge in [-0.1, -0.05) is 36.4 Å². The third kappa shape index (κ3) is 3.70. The number of hydrogen-bond donors (Lipinski definition) is 1. The lowest BCUT2D eigenvalue weighted by Gasteiger charge is -2.12. The van der Waals surface area contributed by atoms with Crippen molar-refractivity contribution >= 4 is 5.82 Å². The van der Waals surface area contributed by atoms with Crippen molar-refractivity contribution < 1.29 is 13.2 Å². The maximum Gasteiger partial charge on any atom is 0.416 e. The van der Waals surface area contributed by atoms with Crippen LogP contribution in [0, 0.1) is 0 Å². The Morgan fingerprint density at radius 3 is 2.59 bits per heavy atom. The minimum Gasteiger partial charge on any atom is -0.370 e. The lowest BCUT2D eigenvalue weighted by atomic mass is 10.0. The zero-order valence-corrected chi connectivity index (χ0v) is 14.8. The third-order valence-corrected chi connectivity index (χ3v) is 4.85. The molecule has 1 aromatic heterocycles. The van der Waals surface area contributed by atoms with Crippen LogP contribution in [0.3, 0.4) is 0 Å². The number of nitrogens with one attached hydrogen (secondary N) is 1. The summed E-state index contributed by atoms with van der Waals surface area (Å²) in [5.41, 5.74) is 2.92. The van der Waals surface area contributed by atoms with E-state index < -0.39 is 11.7 Å². The number of anilines is 1. The minimum atomic E-state index is -4.37. The van der Waals surface area contributed by atoms with Crippen LogP contribution in [0.25, 0.3) is 5.69 Å². The van der Waals surface area contributed by atoms with Crippen molar-refractivity contribution in [2.24, 2.45) is 0 Å². The van der Waals surface area contributed by atoms with E-state index in [0.717, 1.165) is 60.6 Å². The van der Waals surface area contributed by atoms with Gasteiger partial charge in [-0.05, 0) is 43.0 Å². The highest BCUT2D eigenvalue weighted by atomic mass is 19.4. The van der Waals surface area contributed by atoms with Crippen LogP contribution in [-0.4, -0.2) is 16.3 Å². The fourth-order valence-electron chi connectivity index (χ4n) is 3.51. The second-order valence-electron chi connectivity index (χ2n) is 6.78. The van der Waals surface area contributed by atoms with Crippen molar-refractivity contribution in [1.29, 1.82) is 0 Å².